The van der Waals surface area contributed by atoms with E-state index in [0.29, 0.717) is 18.8 Å². The van der Waals surface area contributed by atoms with Crippen molar-refractivity contribution in [1.82, 2.24) is 23.6 Å². The molecule has 0 aliphatic rings. The largest absolute Gasteiger partial charge is 0.349 e. The Morgan fingerprint density at radius 1 is 1.25 bits per heavy atom. The first-order chi connectivity index (χ1) is 13.3. The highest BCUT2D eigenvalue weighted by molar-refractivity contribution is 7.89. The maximum Gasteiger partial charge on any atom is 0.251 e. The molecule has 3 aromatic rings. The summed E-state index contributed by atoms with van der Waals surface area (Å²) in [5, 5.41) is 4.61. The number of hydrogen-bond donors (Lipinski definition) is 1. The Kier molecular flexibility index (Phi) is 5.96. The molecule has 9 nitrogen and oxygen atoms in total. The van der Waals surface area contributed by atoms with Gasteiger partial charge in [0.1, 0.15) is 6.54 Å². The molecular formula is C17H21N5O4S2. The number of amides is 1. The summed E-state index contributed by atoms with van der Waals surface area (Å²) in [6.45, 7) is 4.07. The van der Waals surface area contributed by atoms with E-state index in [4.69, 9.17) is 0 Å². The van der Waals surface area contributed by atoms with Crippen molar-refractivity contribution in [2.45, 2.75) is 31.8 Å². The third-order valence-corrected chi connectivity index (χ3v) is 7.03. The smallest absolute Gasteiger partial charge is 0.251 e. The molecular weight excluding hydrogens is 402 g/mol. The maximum atomic E-state index is 12.6. The van der Waals surface area contributed by atoms with E-state index in [1.54, 1.807) is 13.8 Å². The van der Waals surface area contributed by atoms with Gasteiger partial charge in [0.25, 0.3) is 5.56 Å². The van der Waals surface area contributed by atoms with Gasteiger partial charge in [-0.2, -0.15) is 4.31 Å². The van der Waals surface area contributed by atoms with Gasteiger partial charge in [-0.25, -0.2) is 13.4 Å². The predicted octanol–water partition coefficient (Wildman–Crippen LogP) is 0.904. The number of nitrogens with one attached hydrogen (secondary N) is 1. The van der Waals surface area contributed by atoms with Gasteiger partial charge < -0.3 is 9.88 Å². The molecule has 0 saturated heterocycles. The average Bonchev–Trinajstić information content (AvgIpc) is 3.24. The summed E-state index contributed by atoms with van der Waals surface area (Å²) < 4.78 is 29.5. The highest BCUT2D eigenvalue weighted by Crippen LogP contribution is 2.14. The van der Waals surface area contributed by atoms with Gasteiger partial charge in [0.2, 0.25) is 15.9 Å². The molecule has 11 heteroatoms. The van der Waals surface area contributed by atoms with E-state index in [-0.39, 0.29) is 18.0 Å². The van der Waals surface area contributed by atoms with Crippen LogP contribution in [0.5, 0.6) is 0 Å². The van der Waals surface area contributed by atoms with Crippen LogP contribution in [0.1, 0.15) is 19.5 Å². The molecule has 3 rings (SSSR count). The zero-order chi connectivity index (χ0) is 20.3. The number of hydrogen-bond acceptors (Lipinski definition) is 6. The maximum absolute atomic E-state index is 12.6. The van der Waals surface area contributed by atoms with Gasteiger partial charge in [-0.3, -0.25) is 14.0 Å². The van der Waals surface area contributed by atoms with Crippen LogP contribution in [0, 0.1) is 0 Å². The second kappa shape index (κ2) is 8.25. The van der Waals surface area contributed by atoms with Crippen LogP contribution >= 0.6 is 11.3 Å². The number of sulfonamides is 1. The van der Waals surface area contributed by atoms with Crippen molar-refractivity contribution in [2.75, 3.05) is 13.1 Å². The van der Waals surface area contributed by atoms with E-state index in [0.717, 1.165) is 15.6 Å². The van der Waals surface area contributed by atoms with Crippen LogP contribution in [0.2, 0.25) is 0 Å². The van der Waals surface area contributed by atoms with Crippen molar-refractivity contribution in [3.05, 3.63) is 52.2 Å². The van der Waals surface area contributed by atoms with Crippen LogP contribution in [0.15, 0.2) is 45.8 Å². The lowest BCUT2D eigenvalue weighted by Gasteiger charge is -2.19. The highest BCUT2D eigenvalue weighted by Gasteiger charge is 2.22. The molecule has 0 aliphatic heterocycles. The van der Waals surface area contributed by atoms with Crippen molar-refractivity contribution in [3.8, 4) is 0 Å². The normalized spacial score (nSPS) is 12.0. The number of fused-ring (bicyclic) bond motifs is 1. The standard InChI is InChI=1S/C17H21N5O4S2/c1-3-22(4-2)28(25,26)14-5-6-16(24)21(11-14)12-15(23)18-9-13-10-20-7-8-27-17(20)19-13/h5-8,10-11H,3-4,9,12H2,1-2H3,(H,18,23). The Labute approximate surface area is 166 Å². The van der Waals surface area contributed by atoms with Gasteiger partial charge >= 0.3 is 0 Å². The minimum Gasteiger partial charge on any atom is -0.349 e. The van der Waals surface area contributed by atoms with Crippen LogP contribution in [0.3, 0.4) is 0 Å². The van der Waals surface area contributed by atoms with Crippen molar-refractivity contribution >= 4 is 32.2 Å². The second-order valence-electron chi connectivity index (χ2n) is 6.02. The molecule has 0 aromatic carbocycles. The van der Waals surface area contributed by atoms with Gasteiger partial charge in [-0.1, -0.05) is 13.8 Å². The first-order valence-corrected chi connectivity index (χ1v) is 11.1. The van der Waals surface area contributed by atoms with E-state index < -0.39 is 21.5 Å². The summed E-state index contributed by atoms with van der Waals surface area (Å²) in [6, 6.07) is 2.43. The van der Waals surface area contributed by atoms with E-state index in [1.807, 2.05) is 22.2 Å². The summed E-state index contributed by atoms with van der Waals surface area (Å²) in [6.07, 6.45) is 4.90. The zero-order valence-electron chi connectivity index (χ0n) is 15.5. The van der Waals surface area contributed by atoms with E-state index >= 15 is 0 Å². The second-order valence-corrected chi connectivity index (χ2v) is 8.83. The van der Waals surface area contributed by atoms with Crippen molar-refractivity contribution in [1.29, 1.82) is 0 Å². The zero-order valence-corrected chi connectivity index (χ0v) is 17.2. The van der Waals surface area contributed by atoms with Gasteiger partial charge in [0, 0.05) is 43.1 Å². The van der Waals surface area contributed by atoms with E-state index in [2.05, 4.69) is 10.3 Å². The SMILES string of the molecule is CCN(CC)S(=O)(=O)c1ccc(=O)n(CC(=O)NCc2cn3ccsc3n2)c1. The number of nitrogens with zero attached hydrogens (tertiary/aromatic N) is 4. The molecule has 0 unspecified atom stereocenters. The number of imidazole rings is 1. The Morgan fingerprint density at radius 2 is 2.00 bits per heavy atom. The molecule has 28 heavy (non-hydrogen) atoms. The topological polar surface area (TPSA) is 106 Å². The fourth-order valence-corrected chi connectivity index (χ4v) is 4.96. The molecule has 3 heterocycles. The number of pyridine rings is 1. The first-order valence-electron chi connectivity index (χ1n) is 8.73. The molecule has 0 bridgehead atoms. The number of carbonyl (C=O) groups is 1. The number of carbonyl (C=O) groups excluding carboxylic acids is 1. The Bertz CT molecular complexity index is 1110. The summed E-state index contributed by atoms with van der Waals surface area (Å²) in [4.78, 5) is 29.5. The van der Waals surface area contributed by atoms with Crippen LogP contribution in [0.4, 0.5) is 0 Å². The number of rotatable bonds is 8. The molecule has 0 fully saturated rings. The molecule has 150 valence electrons. The predicted molar refractivity (Wildman–Crippen MR) is 106 cm³/mol. The van der Waals surface area contributed by atoms with Gasteiger partial charge in [0.15, 0.2) is 4.96 Å². The average molecular weight is 424 g/mol. The third kappa shape index (κ3) is 4.16. The summed E-state index contributed by atoms with van der Waals surface area (Å²) in [5.41, 5.74) is 0.251. The van der Waals surface area contributed by atoms with E-state index in [1.165, 1.54) is 27.9 Å². The summed E-state index contributed by atoms with van der Waals surface area (Å²) in [7, 11) is -3.71. The molecule has 0 radical (unpaired) electrons. The Morgan fingerprint density at radius 3 is 2.68 bits per heavy atom. The van der Waals surface area contributed by atoms with Crippen LogP contribution in [-0.2, 0) is 27.9 Å². The molecule has 0 atom stereocenters. The van der Waals surface area contributed by atoms with E-state index in [9.17, 15) is 18.0 Å². The summed E-state index contributed by atoms with van der Waals surface area (Å²) >= 11 is 1.49. The van der Waals surface area contributed by atoms with Crippen molar-refractivity contribution in [3.63, 3.8) is 0 Å². The van der Waals surface area contributed by atoms with Gasteiger partial charge in [-0.05, 0) is 6.07 Å². The minimum atomic E-state index is -3.71. The molecule has 1 N–H and O–H groups in total. The first kappa shape index (κ1) is 20.2. The third-order valence-electron chi connectivity index (χ3n) is 4.22. The Hall–Kier alpha value is -2.50. The Balaban J connectivity index is 1.71. The van der Waals surface area contributed by atoms with Crippen LogP contribution in [-0.4, -0.2) is 45.7 Å². The molecule has 1 amide bonds. The van der Waals surface area contributed by atoms with Gasteiger partial charge in [0.05, 0.1) is 17.1 Å². The lowest BCUT2D eigenvalue weighted by molar-refractivity contribution is -0.121. The molecule has 0 spiro atoms. The van der Waals surface area contributed by atoms with Crippen LogP contribution < -0.4 is 10.9 Å². The fraction of sp³-hybridized carbons (Fsp3) is 0.353. The quantitative estimate of drug-likeness (QED) is 0.580. The van der Waals surface area contributed by atoms with Crippen LogP contribution in [0.25, 0.3) is 4.96 Å². The van der Waals surface area contributed by atoms with Crippen molar-refractivity contribution < 1.29 is 13.2 Å². The minimum absolute atomic E-state index is 0.0158. The molecule has 3 aromatic heterocycles. The molecule has 0 saturated carbocycles. The van der Waals surface area contributed by atoms with Gasteiger partial charge in [-0.15, -0.1) is 11.3 Å². The molecule has 0 aliphatic carbocycles. The summed E-state index contributed by atoms with van der Waals surface area (Å²) in [5.74, 6) is -0.407. The highest BCUT2D eigenvalue weighted by atomic mass is 32.2. The lowest BCUT2D eigenvalue weighted by atomic mass is 10.4. The number of aromatic nitrogens is 3. The monoisotopic (exact) mass is 423 g/mol. The lowest BCUT2D eigenvalue weighted by Crippen LogP contribution is -2.34. The van der Waals surface area contributed by atoms with Crippen molar-refractivity contribution in [2.24, 2.45) is 0 Å². The number of thiazole rings is 1. The fourth-order valence-electron chi connectivity index (χ4n) is 2.76.